The number of rotatable bonds is 7. The van der Waals surface area contributed by atoms with Crippen molar-refractivity contribution in [3.05, 3.63) is 42.0 Å². The van der Waals surface area contributed by atoms with Gasteiger partial charge in [0.05, 0.1) is 10.6 Å². The number of ether oxygens (including phenoxy) is 2. The number of fused-ring (bicyclic) bond motifs is 1. The molecule has 1 aliphatic rings. The largest absolute Gasteiger partial charge is 0.486 e. The lowest BCUT2D eigenvalue weighted by molar-refractivity contribution is -0.118. The van der Waals surface area contributed by atoms with Gasteiger partial charge in [0.25, 0.3) is 0 Å². The van der Waals surface area contributed by atoms with Crippen molar-refractivity contribution < 1.29 is 22.7 Å². The molecule has 0 saturated carbocycles. The van der Waals surface area contributed by atoms with Crippen molar-refractivity contribution in [3.8, 4) is 11.5 Å². The first-order chi connectivity index (χ1) is 14.2. The SMILES string of the molecule is CSc1ccc(S(=O)(=O)N[C@@H](C)c2ccc3c(c2)OCCO3)cc1NC(=O)C(C)C. The molecule has 0 radical (unpaired) electrons. The number of nitrogens with one attached hydrogen (secondary N) is 2. The van der Waals surface area contributed by atoms with Gasteiger partial charge in [-0.15, -0.1) is 11.8 Å². The first-order valence-electron chi connectivity index (χ1n) is 9.62. The van der Waals surface area contributed by atoms with Crippen LogP contribution >= 0.6 is 11.8 Å². The highest BCUT2D eigenvalue weighted by Gasteiger charge is 2.22. The summed E-state index contributed by atoms with van der Waals surface area (Å²) < 4.78 is 39.8. The normalized spacial score (nSPS) is 14.4. The van der Waals surface area contributed by atoms with Gasteiger partial charge in [0.2, 0.25) is 15.9 Å². The van der Waals surface area contributed by atoms with Crippen LogP contribution in [0.5, 0.6) is 11.5 Å². The zero-order chi connectivity index (χ0) is 21.9. The van der Waals surface area contributed by atoms with Crippen molar-refractivity contribution >= 4 is 33.4 Å². The Labute approximate surface area is 181 Å². The van der Waals surface area contributed by atoms with E-state index in [-0.39, 0.29) is 16.7 Å². The average Bonchev–Trinajstić information content (AvgIpc) is 2.72. The molecule has 7 nitrogen and oxygen atoms in total. The second-order valence-corrected chi connectivity index (χ2v) is 9.81. The van der Waals surface area contributed by atoms with Gasteiger partial charge in [-0.1, -0.05) is 19.9 Å². The van der Waals surface area contributed by atoms with Gasteiger partial charge >= 0.3 is 0 Å². The van der Waals surface area contributed by atoms with Crippen LogP contribution < -0.4 is 19.5 Å². The molecular weight excluding hydrogens is 424 g/mol. The summed E-state index contributed by atoms with van der Waals surface area (Å²) in [5.41, 5.74) is 1.24. The van der Waals surface area contributed by atoms with Crippen LogP contribution in [0.1, 0.15) is 32.4 Å². The highest BCUT2D eigenvalue weighted by Crippen LogP contribution is 2.33. The second kappa shape index (κ2) is 9.28. The van der Waals surface area contributed by atoms with E-state index in [9.17, 15) is 13.2 Å². The Kier molecular flexibility index (Phi) is 6.95. The summed E-state index contributed by atoms with van der Waals surface area (Å²) in [7, 11) is -3.82. The molecule has 162 valence electrons. The van der Waals surface area contributed by atoms with E-state index >= 15 is 0 Å². The Morgan fingerprint density at radius 3 is 2.40 bits per heavy atom. The summed E-state index contributed by atoms with van der Waals surface area (Å²) in [6.07, 6.45) is 1.87. The van der Waals surface area contributed by atoms with Gasteiger partial charge in [0.15, 0.2) is 11.5 Å². The van der Waals surface area contributed by atoms with Crippen LogP contribution in [0.15, 0.2) is 46.2 Å². The van der Waals surface area contributed by atoms with Gasteiger partial charge in [-0.25, -0.2) is 13.1 Å². The lowest BCUT2D eigenvalue weighted by Gasteiger charge is -2.21. The molecule has 2 aromatic carbocycles. The van der Waals surface area contributed by atoms with E-state index < -0.39 is 16.1 Å². The molecule has 30 heavy (non-hydrogen) atoms. The summed E-state index contributed by atoms with van der Waals surface area (Å²) in [5, 5.41) is 2.81. The molecule has 3 rings (SSSR count). The van der Waals surface area contributed by atoms with Gasteiger partial charge in [0.1, 0.15) is 13.2 Å². The van der Waals surface area contributed by atoms with Crippen LogP contribution in [0.4, 0.5) is 5.69 Å². The summed E-state index contributed by atoms with van der Waals surface area (Å²) in [4.78, 5) is 13.0. The molecule has 0 aliphatic carbocycles. The smallest absolute Gasteiger partial charge is 0.241 e. The van der Waals surface area contributed by atoms with E-state index in [1.807, 2.05) is 12.3 Å². The number of sulfonamides is 1. The highest BCUT2D eigenvalue weighted by atomic mass is 32.2. The first kappa shape index (κ1) is 22.5. The van der Waals surface area contributed by atoms with Gasteiger partial charge in [-0.05, 0) is 49.1 Å². The topological polar surface area (TPSA) is 93.7 Å². The summed E-state index contributed by atoms with van der Waals surface area (Å²) in [6, 6.07) is 9.62. The third-order valence-electron chi connectivity index (χ3n) is 4.66. The maximum Gasteiger partial charge on any atom is 0.241 e. The fraction of sp³-hybridized carbons (Fsp3) is 0.381. The van der Waals surface area contributed by atoms with Crippen LogP contribution in [-0.4, -0.2) is 33.8 Å². The third-order valence-corrected chi connectivity index (χ3v) is 7.00. The second-order valence-electron chi connectivity index (χ2n) is 7.25. The average molecular weight is 451 g/mol. The monoisotopic (exact) mass is 450 g/mol. The molecule has 0 aromatic heterocycles. The molecule has 1 atom stereocenters. The summed E-state index contributed by atoms with van der Waals surface area (Å²) in [5.74, 6) is 0.872. The number of hydrogen-bond donors (Lipinski definition) is 2. The maximum atomic E-state index is 13.0. The minimum Gasteiger partial charge on any atom is -0.486 e. The minimum atomic E-state index is -3.82. The number of thioether (sulfide) groups is 1. The van der Waals surface area contributed by atoms with Crippen molar-refractivity contribution in [1.29, 1.82) is 0 Å². The van der Waals surface area contributed by atoms with Crippen LogP contribution in [0, 0.1) is 5.92 Å². The molecule has 1 heterocycles. The molecule has 1 aliphatic heterocycles. The van der Waals surface area contributed by atoms with Crippen LogP contribution in [0.2, 0.25) is 0 Å². The fourth-order valence-corrected chi connectivity index (χ4v) is 4.72. The molecule has 0 spiro atoms. The lowest BCUT2D eigenvalue weighted by Crippen LogP contribution is -2.27. The van der Waals surface area contributed by atoms with Crippen molar-refractivity contribution in [2.24, 2.45) is 5.92 Å². The number of benzene rings is 2. The van der Waals surface area contributed by atoms with Crippen molar-refractivity contribution in [1.82, 2.24) is 4.72 Å². The summed E-state index contributed by atoms with van der Waals surface area (Å²) >= 11 is 1.44. The quantitative estimate of drug-likeness (QED) is 0.623. The fourth-order valence-electron chi connectivity index (χ4n) is 2.93. The zero-order valence-electron chi connectivity index (χ0n) is 17.4. The van der Waals surface area contributed by atoms with Crippen molar-refractivity contribution in [2.45, 2.75) is 36.6 Å². The predicted octanol–water partition coefficient (Wildman–Crippen LogP) is 3.81. The molecule has 2 N–H and O–H groups in total. The Bertz CT molecular complexity index is 1040. The number of anilines is 1. The van der Waals surface area contributed by atoms with Gasteiger partial charge in [-0.2, -0.15) is 0 Å². The molecule has 0 bridgehead atoms. The predicted molar refractivity (Wildman–Crippen MR) is 118 cm³/mol. The number of hydrogen-bond acceptors (Lipinski definition) is 6. The standard InChI is InChI=1S/C21H26N2O5S2/c1-13(2)21(24)22-17-12-16(6-8-20(17)29-4)30(25,26)23-14(3)15-5-7-18-19(11-15)28-10-9-27-18/h5-8,11-14,23H,9-10H2,1-4H3,(H,22,24)/t14-/m0/s1. The molecule has 0 fully saturated rings. The number of carbonyl (C=O) groups excluding carboxylic acids is 1. The Morgan fingerprint density at radius 1 is 1.03 bits per heavy atom. The van der Waals surface area contributed by atoms with E-state index in [1.165, 1.54) is 23.9 Å². The third kappa shape index (κ3) is 5.08. The molecule has 1 amide bonds. The molecular formula is C21H26N2O5S2. The maximum absolute atomic E-state index is 13.0. The van der Waals surface area contributed by atoms with Gasteiger partial charge in [-0.3, -0.25) is 4.79 Å². The van der Waals surface area contributed by atoms with E-state index in [1.54, 1.807) is 39.0 Å². The van der Waals surface area contributed by atoms with E-state index in [4.69, 9.17) is 9.47 Å². The molecule has 0 saturated heterocycles. The Morgan fingerprint density at radius 2 is 1.73 bits per heavy atom. The van der Waals surface area contributed by atoms with Crippen molar-refractivity contribution in [2.75, 3.05) is 24.8 Å². The molecule has 9 heteroatoms. The van der Waals surface area contributed by atoms with E-state index in [0.717, 1.165) is 10.5 Å². The van der Waals surface area contributed by atoms with Gasteiger partial charge < -0.3 is 14.8 Å². The first-order valence-corrected chi connectivity index (χ1v) is 12.3. The van der Waals surface area contributed by atoms with E-state index in [0.29, 0.717) is 30.4 Å². The Hall–Kier alpha value is -2.23. The molecule has 0 unspecified atom stereocenters. The number of carbonyl (C=O) groups is 1. The number of amides is 1. The van der Waals surface area contributed by atoms with E-state index in [2.05, 4.69) is 10.0 Å². The van der Waals surface area contributed by atoms with Crippen LogP contribution in [0.3, 0.4) is 0 Å². The van der Waals surface area contributed by atoms with Crippen LogP contribution in [-0.2, 0) is 14.8 Å². The highest BCUT2D eigenvalue weighted by molar-refractivity contribution is 7.98. The summed E-state index contributed by atoms with van der Waals surface area (Å²) in [6.45, 7) is 6.29. The minimum absolute atomic E-state index is 0.0868. The Balaban J connectivity index is 1.83. The van der Waals surface area contributed by atoms with Crippen LogP contribution in [0.25, 0.3) is 0 Å². The van der Waals surface area contributed by atoms with Gasteiger partial charge in [0, 0.05) is 16.9 Å². The zero-order valence-corrected chi connectivity index (χ0v) is 19.0. The lowest BCUT2D eigenvalue weighted by atomic mass is 10.1. The van der Waals surface area contributed by atoms with Crippen molar-refractivity contribution in [3.63, 3.8) is 0 Å². The molecule has 2 aromatic rings.